The number of benzene rings is 2. The van der Waals surface area contributed by atoms with Gasteiger partial charge in [0, 0.05) is 22.3 Å². The summed E-state index contributed by atoms with van der Waals surface area (Å²) >= 11 is 4.65. The van der Waals surface area contributed by atoms with E-state index in [9.17, 15) is 9.59 Å². The molecule has 0 bridgehead atoms. The normalized spacial score (nSPS) is 11.5. The number of halogens is 1. The Balaban J connectivity index is 1.65. The number of rotatable bonds is 9. The maximum absolute atomic E-state index is 12.5. The molecule has 160 valence electrons. The molecule has 1 unspecified atom stereocenters. The Morgan fingerprint density at radius 1 is 1.16 bits per heavy atom. The van der Waals surface area contributed by atoms with Crippen LogP contribution in [0.15, 0.2) is 76.9 Å². The lowest BCUT2D eigenvalue weighted by Crippen LogP contribution is -2.28. The van der Waals surface area contributed by atoms with Crippen molar-refractivity contribution in [3.05, 3.63) is 83.1 Å². The molecule has 31 heavy (non-hydrogen) atoms. The zero-order valence-corrected chi connectivity index (χ0v) is 19.3. The lowest BCUT2D eigenvalue weighted by atomic mass is 10.2. The van der Waals surface area contributed by atoms with Crippen molar-refractivity contribution in [3.63, 3.8) is 0 Å². The summed E-state index contributed by atoms with van der Waals surface area (Å²) in [6, 6.07) is 16.0. The van der Waals surface area contributed by atoms with E-state index in [2.05, 4.69) is 43.3 Å². The fraction of sp³-hybridized carbons (Fsp3) is 0.182. The fourth-order valence-electron chi connectivity index (χ4n) is 2.82. The molecule has 2 aromatic carbocycles. The van der Waals surface area contributed by atoms with Crippen molar-refractivity contribution in [1.29, 1.82) is 0 Å². The van der Waals surface area contributed by atoms with E-state index in [0.717, 1.165) is 10.2 Å². The van der Waals surface area contributed by atoms with E-state index in [1.807, 2.05) is 54.0 Å². The molecule has 0 saturated heterocycles. The molecule has 7 nitrogen and oxygen atoms in total. The summed E-state index contributed by atoms with van der Waals surface area (Å²) in [6.07, 6.45) is 1.73. The van der Waals surface area contributed by atoms with Crippen LogP contribution in [0.25, 0.3) is 0 Å². The first-order valence-electron chi connectivity index (χ1n) is 9.56. The van der Waals surface area contributed by atoms with E-state index in [-0.39, 0.29) is 23.6 Å². The number of allylic oxidation sites excluding steroid dienone is 1. The molecule has 2 amide bonds. The van der Waals surface area contributed by atoms with Crippen molar-refractivity contribution < 1.29 is 9.59 Å². The molecule has 3 aromatic rings. The van der Waals surface area contributed by atoms with Crippen LogP contribution in [0.1, 0.15) is 29.1 Å². The third-order valence-electron chi connectivity index (χ3n) is 4.29. The van der Waals surface area contributed by atoms with Gasteiger partial charge in [-0.2, -0.15) is 0 Å². The first kappa shape index (κ1) is 22.8. The maximum Gasteiger partial charge on any atom is 0.251 e. The highest BCUT2D eigenvalue weighted by Gasteiger charge is 2.20. The van der Waals surface area contributed by atoms with Crippen LogP contribution in [0.3, 0.4) is 0 Å². The van der Waals surface area contributed by atoms with Crippen LogP contribution in [-0.4, -0.2) is 32.3 Å². The number of anilines is 1. The highest BCUT2D eigenvalue weighted by molar-refractivity contribution is 9.10. The number of carbonyl (C=O) groups excluding carboxylic acids is 2. The van der Waals surface area contributed by atoms with Crippen LogP contribution in [0, 0.1) is 0 Å². The second-order valence-corrected chi connectivity index (χ2v) is 8.50. The van der Waals surface area contributed by atoms with Crippen LogP contribution < -0.4 is 10.6 Å². The van der Waals surface area contributed by atoms with E-state index in [4.69, 9.17) is 0 Å². The molecule has 2 N–H and O–H groups in total. The van der Waals surface area contributed by atoms with Crippen molar-refractivity contribution in [2.24, 2.45) is 0 Å². The quantitative estimate of drug-likeness (QED) is 0.335. The summed E-state index contributed by atoms with van der Waals surface area (Å²) in [7, 11) is 0. The SMILES string of the molecule is C=CCn1c(SCC(=O)Nc2ccc(Br)cc2)nnc1C(C)NC(=O)c1ccccc1. The van der Waals surface area contributed by atoms with Gasteiger partial charge in [0.05, 0.1) is 11.8 Å². The van der Waals surface area contributed by atoms with Crippen molar-refractivity contribution in [1.82, 2.24) is 20.1 Å². The lowest BCUT2D eigenvalue weighted by molar-refractivity contribution is -0.113. The topological polar surface area (TPSA) is 88.9 Å². The van der Waals surface area contributed by atoms with Crippen molar-refractivity contribution in [2.45, 2.75) is 24.7 Å². The molecule has 1 atom stereocenters. The Kier molecular flexibility index (Phi) is 8.02. The third kappa shape index (κ3) is 6.28. The van der Waals surface area contributed by atoms with Crippen LogP contribution in [0.5, 0.6) is 0 Å². The van der Waals surface area contributed by atoms with E-state index < -0.39 is 0 Å². The van der Waals surface area contributed by atoms with Gasteiger partial charge in [-0.25, -0.2) is 0 Å². The van der Waals surface area contributed by atoms with Gasteiger partial charge >= 0.3 is 0 Å². The average molecular weight is 500 g/mol. The summed E-state index contributed by atoms with van der Waals surface area (Å²) < 4.78 is 2.79. The first-order valence-corrected chi connectivity index (χ1v) is 11.3. The highest BCUT2D eigenvalue weighted by Crippen LogP contribution is 2.22. The largest absolute Gasteiger partial charge is 0.342 e. The molecule has 9 heteroatoms. The van der Waals surface area contributed by atoms with Gasteiger partial charge in [0.15, 0.2) is 11.0 Å². The second kappa shape index (κ2) is 10.9. The van der Waals surface area contributed by atoms with E-state index in [1.165, 1.54) is 11.8 Å². The fourth-order valence-corrected chi connectivity index (χ4v) is 3.84. The number of nitrogens with zero attached hydrogens (tertiary/aromatic N) is 3. The number of thioether (sulfide) groups is 1. The maximum atomic E-state index is 12.5. The molecule has 0 fully saturated rings. The number of carbonyl (C=O) groups is 2. The molecule has 3 rings (SSSR count). The third-order valence-corrected chi connectivity index (χ3v) is 5.78. The molecule has 0 spiro atoms. The van der Waals surface area contributed by atoms with Crippen LogP contribution in [0.4, 0.5) is 5.69 Å². The smallest absolute Gasteiger partial charge is 0.251 e. The predicted molar refractivity (Wildman–Crippen MR) is 126 cm³/mol. The molecule has 0 radical (unpaired) electrons. The van der Waals surface area contributed by atoms with Gasteiger partial charge in [-0.05, 0) is 43.3 Å². The average Bonchev–Trinajstić information content (AvgIpc) is 3.17. The Morgan fingerprint density at radius 2 is 1.87 bits per heavy atom. The minimum atomic E-state index is -0.369. The van der Waals surface area contributed by atoms with Gasteiger partial charge in [0.25, 0.3) is 5.91 Å². The Bertz CT molecular complexity index is 1050. The molecule has 1 aromatic heterocycles. The zero-order valence-electron chi connectivity index (χ0n) is 16.9. The number of hydrogen-bond donors (Lipinski definition) is 2. The van der Waals surface area contributed by atoms with Crippen LogP contribution >= 0.6 is 27.7 Å². The van der Waals surface area contributed by atoms with Crippen molar-refractivity contribution in [2.75, 3.05) is 11.1 Å². The minimum absolute atomic E-state index is 0.146. The van der Waals surface area contributed by atoms with Gasteiger partial charge in [-0.15, -0.1) is 16.8 Å². The molecular formula is C22H22BrN5O2S. The van der Waals surface area contributed by atoms with Gasteiger partial charge in [0.1, 0.15) is 0 Å². The molecule has 0 aliphatic carbocycles. The van der Waals surface area contributed by atoms with Gasteiger partial charge in [-0.1, -0.05) is 52.0 Å². The summed E-state index contributed by atoms with van der Waals surface area (Å²) in [5.74, 6) is 0.438. The first-order chi connectivity index (χ1) is 15.0. The van der Waals surface area contributed by atoms with Crippen LogP contribution in [0.2, 0.25) is 0 Å². The van der Waals surface area contributed by atoms with Gasteiger partial charge in [-0.3, -0.25) is 9.59 Å². The number of hydrogen-bond acceptors (Lipinski definition) is 5. The second-order valence-electron chi connectivity index (χ2n) is 6.64. The monoisotopic (exact) mass is 499 g/mol. The minimum Gasteiger partial charge on any atom is -0.342 e. The highest BCUT2D eigenvalue weighted by atomic mass is 79.9. The van der Waals surface area contributed by atoms with E-state index in [0.29, 0.717) is 23.1 Å². The molecule has 0 aliphatic heterocycles. The van der Waals surface area contributed by atoms with Crippen molar-refractivity contribution >= 4 is 45.2 Å². The number of nitrogens with one attached hydrogen (secondary N) is 2. The summed E-state index contributed by atoms with van der Waals surface area (Å²) in [4.78, 5) is 24.8. The number of aromatic nitrogens is 3. The number of amides is 2. The summed E-state index contributed by atoms with van der Waals surface area (Å²) in [5, 5.41) is 14.8. The molecular weight excluding hydrogens is 478 g/mol. The van der Waals surface area contributed by atoms with E-state index >= 15 is 0 Å². The van der Waals surface area contributed by atoms with Crippen LogP contribution in [-0.2, 0) is 11.3 Å². The Hall–Kier alpha value is -2.91. The summed E-state index contributed by atoms with van der Waals surface area (Å²) in [6.45, 7) is 6.10. The lowest BCUT2D eigenvalue weighted by Gasteiger charge is -2.15. The molecule has 1 heterocycles. The van der Waals surface area contributed by atoms with E-state index in [1.54, 1.807) is 18.2 Å². The van der Waals surface area contributed by atoms with Gasteiger partial charge in [0.2, 0.25) is 5.91 Å². The summed E-state index contributed by atoms with van der Waals surface area (Å²) in [5.41, 5.74) is 1.29. The van der Waals surface area contributed by atoms with Gasteiger partial charge < -0.3 is 15.2 Å². The Labute approximate surface area is 193 Å². The molecule has 0 aliphatic rings. The zero-order chi connectivity index (χ0) is 22.2. The predicted octanol–water partition coefficient (Wildman–Crippen LogP) is 4.45. The Morgan fingerprint density at radius 3 is 2.55 bits per heavy atom. The standard InChI is InChI=1S/C22H22BrN5O2S/c1-3-13-28-20(15(2)24-21(30)16-7-5-4-6-8-16)26-27-22(28)31-14-19(29)25-18-11-9-17(23)10-12-18/h3-12,15H,1,13-14H2,2H3,(H,24,30)(H,25,29). The molecule has 0 saturated carbocycles. The van der Waals surface area contributed by atoms with Crippen molar-refractivity contribution in [3.8, 4) is 0 Å².